The van der Waals surface area contributed by atoms with Crippen molar-refractivity contribution < 1.29 is 23.1 Å². The summed E-state index contributed by atoms with van der Waals surface area (Å²) in [5.41, 5.74) is 0.166. The molecule has 0 radical (unpaired) electrons. The van der Waals surface area contributed by atoms with Crippen molar-refractivity contribution in [2.75, 3.05) is 5.75 Å². The maximum Gasteiger partial charge on any atom is 0.352 e. The maximum atomic E-state index is 12.9. The zero-order valence-electron chi connectivity index (χ0n) is 13.2. The topological polar surface area (TPSA) is 118 Å². The molecule has 11 heteroatoms. The molecule has 1 saturated heterocycles. The quantitative estimate of drug-likeness (QED) is 0.574. The van der Waals surface area contributed by atoms with E-state index in [1.807, 2.05) is 6.92 Å². The van der Waals surface area contributed by atoms with Crippen LogP contribution in [0.1, 0.15) is 24.3 Å². The van der Waals surface area contributed by atoms with E-state index in [-0.39, 0.29) is 23.8 Å². The average Bonchev–Trinajstić information content (AvgIpc) is 3.26. The third-order valence-electron chi connectivity index (χ3n) is 4.64. The van der Waals surface area contributed by atoms with Crippen molar-refractivity contribution in [1.82, 2.24) is 15.1 Å². The number of carboxylic acids is 1. The first-order valence-corrected chi connectivity index (χ1v) is 11.2. The number of carbonyl (C=O) groups excluding carboxylic acids is 1. The van der Waals surface area contributed by atoms with E-state index < -0.39 is 32.3 Å². The molecule has 1 aromatic heterocycles. The lowest BCUT2D eigenvalue weighted by molar-refractivity contribution is -0.146. The zero-order chi connectivity index (χ0) is 17.9. The van der Waals surface area contributed by atoms with Gasteiger partial charge in [-0.3, -0.25) is 9.69 Å². The third kappa shape index (κ3) is 2.68. The monoisotopic (exact) mass is 401 g/mol. The smallest absolute Gasteiger partial charge is 0.352 e. The van der Waals surface area contributed by atoms with Crippen LogP contribution < -0.4 is 0 Å². The van der Waals surface area contributed by atoms with Crippen LogP contribution in [0.4, 0.5) is 0 Å². The van der Waals surface area contributed by atoms with Crippen molar-refractivity contribution in [1.29, 1.82) is 0 Å². The summed E-state index contributed by atoms with van der Waals surface area (Å²) in [4.78, 5) is 24.7. The second-order valence-corrected chi connectivity index (χ2v) is 11.0. The second-order valence-electron chi connectivity index (χ2n) is 6.32. The van der Waals surface area contributed by atoms with Crippen molar-refractivity contribution in [2.24, 2.45) is 5.92 Å². The summed E-state index contributed by atoms with van der Waals surface area (Å²) in [6, 6.07) is 0. The predicted molar refractivity (Wildman–Crippen MR) is 90.7 cm³/mol. The lowest BCUT2D eigenvalue weighted by Gasteiger charge is -2.46. The van der Waals surface area contributed by atoms with Crippen LogP contribution in [0.15, 0.2) is 15.6 Å². The Balaban J connectivity index is 1.77. The summed E-state index contributed by atoms with van der Waals surface area (Å²) >= 11 is 2.64. The molecule has 3 heterocycles. The van der Waals surface area contributed by atoms with E-state index in [2.05, 4.69) is 10.2 Å². The molecular formula is C14H15N3O5S3. The molecule has 0 bridgehead atoms. The number of sulfone groups is 1. The van der Waals surface area contributed by atoms with Crippen LogP contribution in [0.2, 0.25) is 0 Å². The molecule has 134 valence electrons. The van der Waals surface area contributed by atoms with Crippen LogP contribution in [0.25, 0.3) is 0 Å². The Bertz CT molecular complexity index is 903. The van der Waals surface area contributed by atoms with E-state index in [0.717, 1.165) is 22.7 Å². The summed E-state index contributed by atoms with van der Waals surface area (Å²) in [6.45, 7) is 1.81. The van der Waals surface area contributed by atoms with Crippen LogP contribution in [0.5, 0.6) is 0 Å². The highest BCUT2D eigenvalue weighted by Crippen LogP contribution is 2.49. The number of nitrogens with zero attached hydrogens (tertiary/aromatic N) is 3. The molecular weight excluding hydrogens is 386 g/mol. The maximum absolute atomic E-state index is 12.9. The van der Waals surface area contributed by atoms with Gasteiger partial charge in [-0.2, -0.15) is 0 Å². The molecule has 0 aromatic carbocycles. The molecule has 3 aliphatic rings. The number of aromatic nitrogens is 2. The van der Waals surface area contributed by atoms with Crippen molar-refractivity contribution >= 4 is 44.8 Å². The van der Waals surface area contributed by atoms with Gasteiger partial charge in [0, 0.05) is 5.75 Å². The number of fused-ring (bicyclic) bond motifs is 1. The van der Waals surface area contributed by atoms with Gasteiger partial charge in [-0.25, -0.2) is 13.2 Å². The van der Waals surface area contributed by atoms with Crippen molar-refractivity contribution in [2.45, 2.75) is 41.1 Å². The molecule has 0 spiro atoms. The van der Waals surface area contributed by atoms with Gasteiger partial charge in [0.05, 0.1) is 11.7 Å². The Morgan fingerprint density at radius 3 is 2.64 bits per heavy atom. The van der Waals surface area contributed by atoms with Gasteiger partial charge in [0.2, 0.25) is 5.91 Å². The first kappa shape index (κ1) is 17.0. The molecule has 1 N–H and O–H groups in total. The largest absolute Gasteiger partial charge is 0.477 e. The fourth-order valence-corrected chi connectivity index (χ4v) is 8.01. The molecule has 1 unspecified atom stereocenters. The molecule has 2 atom stereocenters. The summed E-state index contributed by atoms with van der Waals surface area (Å²) in [5.74, 6) is -1.58. The van der Waals surface area contributed by atoms with Crippen LogP contribution in [-0.4, -0.2) is 56.9 Å². The first-order valence-electron chi connectivity index (χ1n) is 7.74. The highest BCUT2D eigenvalue weighted by Gasteiger charge is 2.59. The molecule has 1 amide bonds. The summed E-state index contributed by atoms with van der Waals surface area (Å²) in [6.07, 6.45) is 1.41. The standard InChI is InChI=1S/C14H15N3O5S3/c1-6-15-16-14(24-6)23-5-8-11(13(19)20)17-9(18)4-10(17)25(21,22)12(8)7-2-3-7/h7,10,12H,2-5H2,1H3,(H,19,20)/t10-,12?/m1/s1. The second kappa shape index (κ2) is 5.78. The Labute approximate surface area is 152 Å². The number of rotatable bonds is 5. The number of aliphatic carboxylic acids is 1. The molecule has 8 nitrogen and oxygen atoms in total. The fourth-order valence-electron chi connectivity index (χ4n) is 3.39. The molecule has 4 rings (SSSR count). The molecule has 25 heavy (non-hydrogen) atoms. The zero-order valence-corrected chi connectivity index (χ0v) is 15.7. The summed E-state index contributed by atoms with van der Waals surface area (Å²) in [5, 5.41) is 16.5. The Kier molecular flexibility index (Phi) is 3.92. The van der Waals surface area contributed by atoms with E-state index in [1.54, 1.807) is 0 Å². The molecule has 2 fully saturated rings. The number of thioether (sulfide) groups is 1. The number of amides is 1. The van der Waals surface area contributed by atoms with E-state index in [1.165, 1.54) is 23.1 Å². The number of aryl methyl sites for hydroxylation is 1. The van der Waals surface area contributed by atoms with Gasteiger partial charge in [0.15, 0.2) is 14.2 Å². The number of carboxylic acid groups (broad SMARTS) is 1. The highest BCUT2D eigenvalue weighted by molar-refractivity contribution is 8.01. The normalized spacial score (nSPS) is 27.9. The number of hydrogen-bond acceptors (Lipinski definition) is 8. The van der Waals surface area contributed by atoms with Gasteiger partial charge in [0.25, 0.3) is 0 Å². The summed E-state index contributed by atoms with van der Waals surface area (Å²) in [7, 11) is -3.61. The minimum Gasteiger partial charge on any atom is -0.477 e. The van der Waals surface area contributed by atoms with Gasteiger partial charge in [-0.1, -0.05) is 23.1 Å². The Morgan fingerprint density at radius 1 is 1.40 bits per heavy atom. The predicted octanol–water partition coefficient (Wildman–Crippen LogP) is 1.04. The van der Waals surface area contributed by atoms with E-state index in [9.17, 15) is 23.1 Å². The SMILES string of the molecule is Cc1nnc(SCC2=C(C(=O)O)N3C(=O)C[C@H]3S(=O)(=O)C2C2CC2)s1. The molecule has 1 saturated carbocycles. The van der Waals surface area contributed by atoms with Gasteiger partial charge in [-0.05, 0) is 31.3 Å². The van der Waals surface area contributed by atoms with Gasteiger partial charge >= 0.3 is 5.97 Å². The fraction of sp³-hybridized carbons (Fsp3) is 0.571. The van der Waals surface area contributed by atoms with Crippen LogP contribution in [-0.2, 0) is 19.4 Å². The van der Waals surface area contributed by atoms with Crippen LogP contribution in [0.3, 0.4) is 0 Å². The van der Waals surface area contributed by atoms with Crippen molar-refractivity contribution in [3.05, 3.63) is 16.3 Å². The minimum absolute atomic E-state index is 0.0519. The van der Waals surface area contributed by atoms with Crippen LogP contribution >= 0.6 is 23.1 Å². The molecule has 1 aliphatic carbocycles. The van der Waals surface area contributed by atoms with Crippen molar-refractivity contribution in [3.8, 4) is 0 Å². The molecule has 2 aliphatic heterocycles. The van der Waals surface area contributed by atoms with E-state index in [4.69, 9.17) is 0 Å². The number of carbonyl (C=O) groups is 2. The average molecular weight is 401 g/mol. The number of hydrogen-bond donors (Lipinski definition) is 1. The summed E-state index contributed by atoms with van der Waals surface area (Å²) < 4.78 is 26.5. The van der Waals surface area contributed by atoms with Gasteiger partial charge in [0.1, 0.15) is 16.1 Å². The minimum atomic E-state index is -3.61. The Hall–Kier alpha value is -1.46. The number of β-lactam (4-membered cyclic amide) rings is 1. The van der Waals surface area contributed by atoms with E-state index >= 15 is 0 Å². The van der Waals surface area contributed by atoms with Gasteiger partial charge < -0.3 is 5.11 Å². The first-order chi connectivity index (χ1) is 11.8. The lowest BCUT2D eigenvalue weighted by Crippen LogP contribution is -2.63. The van der Waals surface area contributed by atoms with Gasteiger partial charge in [-0.15, -0.1) is 10.2 Å². The molecule has 1 aromatic rings. The Morgan fingerprint density at radius 2 is 2.12 bits per heavy atom. The van der Waals surface area contributed by atoms with E-state index in [0.29, 0.717) is 9.91 Å². The highest BCUT2D eigenvalue weighted by atomic mass is 32.2. The van der Waals surface area contributed by atoms with Crippen molar-refractivity contribution in [3.63, 3.8) is 0 Å². The lowest BCUT2D eigenvalue weighted by atomic mass is 10.0. The third-order valence-corrected chi connectivity index (χ3v) is 9.17. The van der Waals surface area contributed by atoms with Crippen LogP contribution in [0, 0.1) is 12.8 Å².